The zero-order valence-corrected chi connectivity index (χ0v) is 41.8. The molecule has 0 heterocycles. The van der Waals surface area contributed by atoms with Crippen LogP contribution < -0.4 is 0 Å². The fourth-order valence-electron chi connectivity index (χ4n) is 20.2. The average Bonchev–Trinajstić information content (AvgIpc) is 3.86. The zero-order valence-electron chi connectivity index (χ0n) is 41.8. The normalized spacial score (nSPS) is 54.5. The summed E-state index contributed by atoms with van der Waals surface area (Å²) in [6.45, 7) is 19.0. The third-order valence-electron chi connectivity index (χ3n) is 24.3. The van der Waals surface area contributed by atoms with Crippen LogP contribution in [0.15, 0.2) is 23.3 Å². The summed E-state index contributed by atoms with van der Waals surface area (Å²) in [5.41, 5.74) is 4.24. The minimum atomic E-state index is -0.255. The highest BCUT2D eigenvalue weighted by Gasteiger charge is 2.64. The van der Waals surface area contributed by atoms with Gasteiger partial charge in [0.1, 0.15) is 17.3 Å². The molecule has 10 saturated carbocycles. The largest absolute Gasteiger partial charge is 0.393 e. The maximum Gasteiger partial charge on any atom is 0.139 e. The quantitative estimate of drug-likeness (QED) is 0.237. The van der Waals surface area contributed by atoms with Crippen LogP contribution >= 0.6 is 0 Å². The van der Waals surface area contributed by atoms with Crippen LogP contribution in [0.1, 0.15) is 209 Å². The average molecular weight is 879 g/mol. The van der Waals surface area contributed by atoms with Crippen molar-refractivity contribution in [3.05, 3.63) is 23.3 Å². The van der Waals surface area contributed by atoms with E-state index in [2.05, 4.69) is 67.5 Å². The summed E-state index contributed by atoms with van der Waals surface area (Å²) in [6, 6.07) is 0. The van der Waals surface area contributed by atoms with Gasteiger partial charge in [-0.15, -0.1) is 0 Å². The minimum absolute atomic E-state index is 0.0146. The van der Waals surface area contributed by atoms with Crippen LogP contribution in [0.5, 0.6) is 0 Å². The number of ketones is 3. The second-order valence-electron chi connectivity index (χ2n) is 27.2. The molecule has 12 rings (SSSR count). The molecule has 64 heavy (non-hydrogen) atoms. The summed E-state index contributed by atoms with van der Waals surface area (Å²) >= 11 is 0. The van der Waals surface area contributed by atoms with Gasteiger partial charge in [0.25, 0.3) is 0 Å². The summed E-state index contributed by atoms with van der Waals surface area (Å²) < 4.78 is 0. The first-order chi connectivity index (χ1) is 30.3. The predicted molar refractivity (Wildman–Crippen MR) is 256 cm³/mol. The Hall–Kier alpha value is -1.59. The molecule has 0 amide bonds. The van der Waals surface area contributed by atoms with Crippen LogP contribution in [0.4, 0.5) is 0 Å². The van der Waals surface area contributed by atoms with Gasteiger partial charge >= 0.3 is 0 Å². The number of aliphatic hydroxyl groups excluding tert-OH is 2. The summed E-state index contributed by atoms with van der Waals surface area (Å²) in [7, 11) is 0. The molecule has 10 fully saturated rings. The molecule has 5 nitrogen and oxygen atoms in total. The summed E-state index contributed by atoms with van der Waals surface area (Å²) in [4.78, 5) is 37.2. The molecule has 0 aromatic heterocycles. The van der Waals surface area contributed by atoms with Crippen molar-refractivity contribution in [2.45, 2.75) is 222 Å². The van der Waals surface area contributed by atoms with E-state index in [4.69, 9.17) is 0 Å². The number of Topliss-reactive ketones (excluding diaryl/α,β-unsaturated/α-hetero) is 3. The third-order valence-corrected chi connectivity index (χ3v) is 24.3. The van der Waals surface area contributed by atoms with Crippen molar-refractivity contribution >= 4 is 17.3 Å². The van der Waals surface area contributed by atoms with Crippen molar-refractivity contribution < 1.29 is 24.6 Å². The van der Waals surface area contributed by atoms with Crippen LogP contribution in [-0.4, -0.2) is 39.8 Å². The standard InChI is InChI=1S/C20H32O2.C20H30O.C19H28O2/c1-12-8-9-19(2)13(10-12)4-5-14-15-6-7-17(22)20(15,3)11-16(21)18(14)19;1-13-8-10-19(2)14(12-13)4-5-15-16-6-7-18(21)20(16,3)11-9-17(15)19;1-18-9-7-13(20)11-12(18)3-4-14-15-5-6-17(21)19(15,2)10-8-16(14)18/h12-16,18,21H,4-11H2,1-3H3;9,13-16H,4-8,10-12H2,1-3H3;8,12-15,20H,3-7,9-11H2,1-2H3/t12-,13-,14+,15+,16+,18-,19+,20+;13-,14-,15+,16+,19+,20+;12-,13-,14+,15+,18+,19+/m111/s1. The molecule has 0 aromatic carbocycles. The van der Waals surface area contributed by atoms with Crippen molar-refractivity contribution in [1.29, 1.82) is 0 Å². The fraction of sp³-hybridized carbons (Fsp3) is 0.881. The topological polar surface area (TPSA) is 91.7 Å². The van der Waals surface area contributed by atoms with Gasteiger partial charge in [0.05, 0.1) is 12.2 Å². The van der Waals surface area contributed by atoms with Gasteiger partial charge in [-0.1, -0.05) is 85.1 Å². The maximum atomic E-state index is 12.4. The van der Waals surface area contributed by atoms with Crippen LogP contribution in [0.2, 0.25) is 0 Å². The van der Waals surface area contributed by atoms with Gasteiger partial charge in [-0.05, 0) is 216 Å². The first-order valence-corrected chi connectivity index (χ1v) is 27.6. The van der Waals surface area contributed by atoms with E-state index in [1.807, 2.05) is 0 Å². The van der Waals surface area contributed by atoms with E-state index in [1.165, 1.54) is 77.0 Å². The van der Waals surface area contributed by atoms with Crippen molar-refractivity contribution in [1.82, 2.24) is 0 Å². The Labute approximate surface area is 389 Å². The lowest BCUT2D eigenvalue weighted by Gasteiger charge is -2.61. The number of hydrogen-bond acceptors (Lipinski definition) is 5. The molecule has 0 aromatic rings. The van der Waals surface area contributed by atoms with Crippen molar-refractivity contribution in [2.75, 3.05) is 0 Å². The maximum absolute atomic E-state index is 12.4. The van der Waals surface area contributed by atoms with Crippen LogP contribution in [0.25, 0.3) is 0 Å². The lowest BCUT2D eigenvalue weighted by molar-refractivity contribution is -0.171. The monoisotopic (exact) mass is 879 g/mol. The van der Waals surface area contributed by atoms with Crippen LogP contribution in [0, 0.1) is 104 Å². The van der Waals surface area contributed by atoms with E-state index in [0.717, 1.165) is 107 Å². The molecule has 356 valence electrons. The lowest BCUT2D eigenvalue weighted by Crippen LogP contribution is -2.58. The fourth-order valence-corrected chi connectivity index (χ4v) is 20.2. The van der Waals surface area contributed by atoms with Crippen molar-refractivity contribution in [2.24, 2.45) is 104 Å². The highest BCUT2D eigenvalue weighted by Crippen LogP contribution is 2.68. The van der Waals surface area contributed by atoms with Crippen molar-refractivity contribution in [3.63, 3.8) is 0 Å². The molecule has 20 atom stereocenters. The molecule has 5 heteroatoms. The van der Waals surface area contributed by atoms with Gasteiger partial charge in [0.15, 0.2) is 0 Å². The number of allylic oxidation sites excluding steroid dienone is 4. The molecule has 0 bridgehead atoms. The molecule has 12 aliphatic carbocycles. The molecule has 0 spiro atoms. The van der Waals surface area contributed by atoms with Gasteiger partial charge in [-0.25, -0.2) is 0 Å². The van der Waals surface area contributed by atoms with Crippen molar-refractivity contribution in [3.8, 4) is 0 Å². The Morgan fingerprint density at radius 2 is 0.953 bits per heavy atom. The Bertz CT molecular complexity index is 1840. The molecule has 0 saturated heterocycles. The zero-order chi connectivity index (χ0) is 45.4. The molecule has 0 aliphatic heterocycles. The number of hydrogen-bond donors (Lipinski definition) is 2. The molecule has 2 N–H and O–H groups in total. The number of carbonyl (C=O) groups excluding carboxylic acids is 3. The van der Waals surface area contributed by atoms with Gasteiger partial charge in [0, 0.05) is 35.5 Å². The molecular weight excluding hydrogens is 789 g/mol. The third kappa shape index (κ3) is 6.93. The van der Waals surface area contributed by atoms with E-state index < -0.39 is 0 Å². The predicted octanol–water partition coefficient (Wildman–Crippen LogP) is 13.2. The SMILES string of the molecule is C[C@@H]1CC[C@@]2(C)[C@H](CC[C@@H]3[C@@H]2[C@@H](O)C[C@]2(C)C(=O)CC[C@@H]32)C1.C[C@@H]1CC[C@]2(C)C3=CC[C@]4(C)C(=O)CC[C@H]4[C@@H]3CC[C@@H]2C1.C[C@]12CC[C@@H](O)C[C@H]1CC[C@@H]1C2=CC[C@]2(C)C(=O)CC[C@@H]12. The van der Waals surface area contributed by atoms with E-state index >= 15 is 0 Å². The molecule has 0 radical (unpaired) electrons. The molecular formula is C59H90O5. The van der Waals surface area contributed by atoms with Gasteiger partial charge in [0.2, 0.25) is 0 Å². The van der Waals surface area contributed by atoms with E-state index in [-0.39, 0.29) is 28.5 Å². The number of aliphatic hydroxyl groups is 2. The van der Waals surface area contributed by atoms with Gasteiger partial charge in [-0.2, -0.15) is 0 Å². The number of fused-ring (bicyclic) bond motifs is 15. The summed E-state index contributed by atoms with van der Waals surface area (Å²) in [6.07, 6.45) is 32.2. The second kappa shape index (κ2) is 16.3. The summed E-state index contributed by atoms with van der Waals surface area (Å²) in [5, 5.41) is 21.1. The van der Waals surface area contributed by atoms with E-state index in [9.17, 15) is 24.6 Å². The molecule has 12 aliphatic rings. The first-order valence-electron chi connectivity index (χ1n) is 27.6. The Morgan fingerprint density at radius 1 is 0.484 bits per heavy atom. The summed E-state index contributed by atoms with van der Waals surface area (Å²) in [5.74, 6) is 9.83. The minimum Gasteiger partial charge on any atom is -0.393 e. The van der Waals surface area contributed by atoms with Gasteiger partial charge < -0.3 is 10.2 Å². The highest BCUT2D eigenvalue weighted by atomic mass is 16.3. The first kappa shape index (κ1) is 46.2. The Balaban J connectivity index is 0.000000114. The highest BCUT2D eigenvalue weighted by molar-refractivity contribution is 5.88. The second-order valence-corrected chi connectivity index (χ2v) is 27.2. The Morgan fingerprint density at radius 3 is 1.53 bits per heavy atom. The number of carbonyl (C=O) groups is 3. The van der Waals surface area contributed by atoms with E-state index in [0.29, 0.717) is 75.0 Å². The lowest BCUT2D eigenvalue weighted by atomic mass is 9.44. The van der Waals surface area contributed by atoms with E-state index in [1.54, 1.807) is 11.1 Å². The smallest absolute Gasteiger partial charge is 0.139 e. The number of rotatable bonds is 0. The van der Waals surface area contributed by atoms with Crippen LogP contribution in [-0.2, 0) is 14.4 Å². The van der Waals surface area contributed by atoms with Crippen LogP contribution in [0.3, 0.4) is 0 Å². The Kier molecular flexibility index (Phi) is 11.7. The molecule has 0 unspecified atom stereocenters. The van der Waals surface area contributed by atoms with Gasteiger partial charge in [-0.3, -0.25) is 14.4 Å².